The number of fused-ring (bicyclic) bond motifs is 1. The van der Waals surface area contributed by atoms with E-state index in [4.69, 9.17) is 10.00 Å². The Balaban J connectivity index is 1.73. The molecule has 0 amide bonds. The first-order chi connectivity index (χ1) is 12.7. The molecule has 0 fully saturated rings. The Hall–Kier alpha value is -3.38. The first kappa shape index (κ1) is 16.1. The van der Waals surface area contributed by atoms with Gasteiger partial charge in [-0.05, 0) is 47.9 Å². The number of benzene rings is 3. The van der Waals surface area contributed by atoms with Crippen LogP contribution in [0.2, 0.25) is 0 Å². The van der Waals surface area contributed by atoms with Gasteiger partial charge in [-0.25, -0.2) is 4.39 Å². The van der Waals surface area contributed by atoms with Crippen molar-refractivity contribution in [3.63, 3.8) is 0 Å². The van der Waals surface area contributed by atoms with E-state index in [9.17, 15) is 4.39 Å². The van der Waals surface area contributed by atoms with Crippen molar-refractivity contribution in [3.05, 3.63) is 100 Å². The molecule has 3 aromatic carbocycles. The molecule has 3 aromatic rings. The maximum absolute atomic E-state index is 14.2. The number of hydrogen-bond acceptors (Lipinski definition) is 2. The highest BCUT2D eigenvalue weighted by Crippen LogP contribution is 2.41. The number of rotatable bonds is 3. The average molecular weight is 341 g/mol. The van der Waals surface area contributed by atoms with Crippen LogP contribution in [-0.2, 0) is 0 Å². The number of nitrogens with zero attached hydrogens (tertiary/aromatic N) is 1. The van der Waals surface area contributed by atoms with E-state index < -0.39 is 5.82 Å². The van der Waals surface area contributed by atoms with Gasteiger partial charge in [-0.1, -0.05) is 48.6 Å². The normalized spacial score (nSPS) is 14.7. The lowest BCUT2D eigenvalue weighted by atomic mass is 9.91. The molecular formula is C23H16FNO. The Morgan fingerprint density at radius 2 is 1.77 bits per heavy atom. The van der Waals surface area contributed by atoms with E-state index in [2.05, 4.69) is 37.3 Å². The van der Waals surface area contributed by atoms with Gasteiger partial charge in [0.25, 0.3) is 0 Å². The molecule has 1 aliphatic carbocycles. The molecule has 0 bridgehead atoms. The number of halogens is 1. The van der Waals surface area contributed by atoms with Gasteiger partial charge in [-0.15, -0.1) is 0 Å². The van der Waals surface area contributed by atoms with Crippen LogP contribution < -0.4 is 4.74 Å². The molecule has 0 radical (unpaired) electrons. The number of para-hydroxylation sites is 1. The predicted octanol–water partition coefficient (Wildman–Crippen LogP) is 5.96. The third-order valence-electron chi connectivity index (χ3n) is 4.68. The van der Waals surface area contributed by atoms with Gasteiger partial charge in [0.15, 0.2) is 11.6 Å². The van der Waals surface area contributed by atoms with E-state index in [1.807, 2.05) is 30.3 Å². The molecule has 26 heavy (non-hydrogen) atoms. The van der Waals surface area contributed by atoms with Crippen molar-refractivity contribution in [2.45, 2.75) is 12.8 Å². The van der Waals surface area contributed by atoms with Crippen molar-refractivity contribution < 1.29 is 9.13 Å². The Kier molecular flexibility index (Phi) is 4.02. The molecule has 0 heterocycles. The number of allylic oxidation sites excluding steroid dienone is 1. The lowest BCUT2D eigenvalue weighted by Crippen LogP contribution is -2.00. The Morgan fingerprint density at radius 3 is 2.58 bits per heavy atom. The summed E-state index contributed by atoms with van der Waals surface area (Å²) >= 11 is 0. The van der Waals surface area contributed by atoms with Crippen molar-refractivity contribution in [1.82, 2.24) is 0 Å². The second kappa shape index (κ2) is 6.50. The summed E-state index contributed by atoms with van der Waals surface area (Å²) in [4.78, 5) is 0. The molecule has 1 aliphatic rings. The zero-order valence-corrected chi connectivity index (χ0v) is 14.2. The quantitative estimate of drug-likeness (QED) is 0.589. The van der Waals surface area contributed by atoms with Crippen LogP contribution in [0.25, 0.3) is 6.08 Å². The summed E-state index contributed by atoms with van der Waals surface area (Å²) in [6.45, 7) is 2.10. The van der Waals surface area contributed by atoms with Crippen molar-refractivity contribution in [1.29, 1.82) is 5.26 Å². The summed E-state index contributed by atoms with van der Waals surface area (Å²) < 4.78 is 20.1. The minimum absolute atomic E-state index is 0.0718. The molecule has 2 nitrogen and oxygen atoms in total. The molecule has 0 aliphatic heterocycles. The predicted molar refractivity (Wildman–Crippen MR) is 99.7 cm³/mol. The Morgan fingerprint density at radius 1 is 0.962 bits per heavy atom. The van der Waals surface area contributed by atoms with Gasteiger partial charge >= 0.3 is 0 Å². The smallest absolute Gasteiger partial charge is 0.167 e. The average Bonchev–Trinajstić information content (AvgIpc) is 3.09. The van der Waals surface area contributed by atoms with Gasteiger partial charge in [0.2, 0.25) is 0 Å². The van der Waals surface area contributed by atoms with Crippen molar-refractivity contribution >= 4 is 6.08 Å². The fraction of sp³-hybridized carbons (Fsp3) is 0.0870. The van der Waals surface area contributed by atoms with E-state index in [1.54, 1.807) is 6.07 Å². The first-order valence-electron chi connectivity index (χ1n) is 8.41. The fourth-order valence-electron chi connectivity index (χ4n) is 3.37. The molecule has 1 unspecified atom stereocenters. The van der Waals surface area contributed by atoms with Gasteiger partial charge in [0.05, 0.1) is 11.6 Å². The molecule has 0 N–H and O–H groups in total. The van der Waals surface area contributed by atoms with Crippen molar-refractivity contribution in [3.8, 4) is 17.6 Å². The topological polar surface area (TPSA) is 33.0 Å². The van der Waals surface area contributed by atoms with Gasteiger partial charge in [-0.2, -0.15) is 5.26 Å². The van der Waals surface area contributed by atoms with E-state index in [-0.39, 0.29) is 17.2 Å². The maximum Gasteiger partial charge on any atom is 0.167 e. The van der Waals surface area contributed by atoms with Gasteiger partial charge < -0.3 is 4.74 Å². The van der Waals surface area contributed by atoms with E-state index in [0.717, 1.165) is 5.56 Å². The molecule has 1 atom stereocenters. The second-order valence-corrected chi connectivity index (χ2v) is 6.31. The molecule has 3 heteroatoms. The third-order valence-corrected chi connectivity index (χ3v) is 4.68. The van der Waals surface area contributed by atoms with Crippen LogP contribution >= 0.6 is 0 Å². The first-order valence-corrected chi connectivity index (χ1v) is 8.41. The monoisotopic (exact) mass is 341 g/mol. The number of ether oxygens (including phenoxy) is 1. The van der Waals surface area contributed by atoms with Crippen LogP contribution in [0.5, 0.6) is 11.5 Å². The van der Waals surface area contributed by atoms with E-state index in [1.165, 1.54) is 28.8 Å². The third kappa shape index (κ3) is 2.76. The SMILES string of the molecule is Cc1cccc2c1C=CC2c1ccccc1Oc1ccc(C#N)cc1F. The summed E-state index contributed by atoms with van der Waals surface area (Å²) in [6, 6.07) is 20.1. The summed E-state index contributed by atoms with van der Waals surface area (Å²) in [5.74, 6) is 0.252. The second-order valence-electron chi connectivity index (χ2n) is 6.31. The lowest BCUT2D eigenvalue weighted by molar-refractivity contribution is 0.437. The minimum Gasteiger partial charge on any atom is -0.454 e. The molecular weight excluding hydrogens is 325 g/mol. The highest BCUT2D eigenvalue weighted by atomic mass is 19.1. The van der Waals surface area contributed by atoms with Crippen LogP contribution in [0.4, 0.5) is 4.39 Å². The molecule has 0 spiro atoms. The highest BCUT2D eigenvalue weighted by molar-refractivity contribution is 5.69. The summed E-state index contributed by atoms with van der Waals surface area (Å²) in [5, 5.41) is 8.88. The minimum atomic E-state index is -0.544. The van der Waals surface area contributed by atoms with Crippen LogP contribution in [0.1, 0.15) is 33.7 Å². The fourth-order valence-corrected chi connectivity index (χ4v) is 3.37. The Labute approximate surface area is 151 Å². The number of aryl methyl sites for hydroxylation is 1. The summed E-state index contributed by atoms with van der Waals surface area (Å²) in [5.41, 5.74) is 4.94. The van der Waals surface area contributed by atoms with Crippen LogP contribution in [0.15, 0.2) is 66.7 Å². The van der Waals surface area contributed by atoms with Crippen molar-refractivity contribution in [2.75, 3.05) is 0 Å². The summed E-state index contributed by atoms with van der Waals surface area (Å²) in [6.07, 6.45) is 4.28. The molecule has 4 rings (SSSR count). The zero-order chi connectivity index (χ0) is 18.1. The summed E-state index contributed by atoms with van der Waals surface area (Å²) in [7, 11) is 0. The van der Waals surface area contributed by atoms with Crippen LogP contribution in [0.3, 0.4) is 0 Å². The standard InChI is InChI=1S/C23H16FNO/c1-15-5-4-7-18-17(15)10-11-19(18)20-6-2-3-8-22(20)26-23-12-9-16(14-25)13-21(23)24/h2-13,19H,1H3. The molecule has 0 saturated carbocycles. The zero-order valence-electron chi connectivity index (χ0n) is 14.2. The van der Waals surface area contributed by atoms with Gasteiger partial charge in [-0.3, -0.25) is 0 Å². The maximum atomic E-state index is 14.2. The van der Waals surface area contributed by atoms with Crippen LogP contribution in [0, 0.1) is 24.1 Å². The lowest BCUT2D eigenvalue weighted by Gasteiger charge is -2.17. The Bertz CT molecular complexity index is 1060. The molecule has 126 valence electrons. The molecule has 0 aromatic heterocycles. The number of nitriles is 1. The van der Waals surface area contributed by atoms with Crippen molar-refractivity contribution in [2.24, 2.45) is 0 Å². The number of hydrogen-bond donors (Lipinski definition) is 0. The van der Waals surface area contributed by atoms with E-state index >= 15 is 0 Å². The van der Waals surface area contributed by atoms with Gasteiger partial charge in [0, 0.05) is 11.5 Å². The highest BCUT2D eigenvalue weighted by Gasteiger charge is 2.23. The van der Waals surface area contributed by atoms with Gasteiger partial charge in [0.1, 0.15) is 5.75 Å². The molecule has 0 saturated heterocycles. The largest absolute Gasteiger partial charge is 0.454 e. The van der Waals surface area contributed by atoms with Crippen LogP contribution in [-0.4, -0.2) is 0 Å². The van der Waals surface area contributed by atoms with E-state index in [0.29, 0.717) is 5.75 Å².